The summed E-state index contributed by atoms with van der Waals surface area (Å²) >= 11 is 0. The zero-order valence-electron chi connectivity index (χ0n) is 12.8. The van der Waals surface area contributed by atoms with Gasteiger partial charge >= 0.3 is 0 Å². The molecule has 0 aliphatic heterocycles. The highest BCUT2D eigenvalue weighted by molar-refractivity contribution is 5.47. The van der Waals surface area contributed by atoms with Crippen molar-refractivity contribution in [3.8, 4) is 0 Å². The zero-order chi connectivity index (χ0) is 14.6. The second-order valence-electron chi connectivity index (χ2n) is 4.62. The fourth-order valence-electron chi connectivity index (χ4n) is 1.96. The molecule has 0 bridgehead atoms. The molecule has 0 N–H and O–H groups in total. The first-order chi connectivity index (χ1) is 9.80. The van der Waals surface area contributed by atoms with Crippen molar-refractivity contribution in [1.82, 2.24) is 4.90 Å². The lowest BCUT2D eigenvalue weighted by molar-refractivity contribution is 0.0798. The molecule has 0 spiro atoms. The summed E-state index contributed by atoms with van der Waals surface area (Å²) in [4.78, 5) is 2.37. The molecule has 1 aromatic carbocycles. The van der Waals surface area contributed by atoms with E-state index in [2.05, 4.69) is 35.7 Å². The first-order valence-corrected chi connectivity index (χ1v) is 7.39. The van der Waals surface area contributed by atoms with Crippen molar-refractivity contribution in [2.24, 2.45) is 0 Å². The van der Waals surface area contributed by atoms with Crippen molar-refractivity contribution >= 4 is 6.08 Å². The summed E-state index contributed by atoms with van der Waals surface area (Å²) in [7, 11) is 0. The van der Waals surface area contributed by atoms with Gasteiger partial charge in [0.15, 0.2) is 0 Å². The number of rotatable bonds is 11. The first-order valence-electron chi connectivity index (χ1n) is 7.39. The van der Waals surface area contributed by atoms with E-state index in [1.165, 1.54) is 5.56 Å². The predicted molar refractivity (Wildman–Crippen MR) is 84.8 cm³/mol. The molecule has 1 rings (SSSR count). The predicted octanol–water partition coefficient (Wildman–Crippen LogP) is 3.20. The molecule has 20 heavy (non-hydrogen) atoms. The van der Waals surface area contributed by atoms with E-state index < -0.39 is 0 Å². The van der Waals surface area contributed by atoms with Crippen LogP contribution in [0.3, 0.4) is 0 Å². The molecular weight excluding hydrogens is 250 g/mol. The third kappa shape index (κ3) is 6.85. The van der Waals surface area contributed by atoms with Gasteiger partial charge in [0.1, 0.15) is 0 Å². The Morgan fingerprint density at radius 2 is 1.55 bits per heavy atom. The smallest absolute Gasteiger partial charge is 0.0593 e. The molecule has 3 nitrogen and oxygen atoms in total. The highest BCUT2D eigenvalue weighted by atomic mass is 16.5. The van der Waals surface area contributed by atoms with Crippen LogP contribution in [0.2, 0.25) is 0 Å². The van der Waals surface area contributed by atoms with E-state index in [0.717, 1.165) is 51.6 Å². The summed E-state index contributed by atoms with van der Waals surface area (Å²) in [5.41, 5.74) is 2.47. The third-order valence-corrected chi connectivity index (χ3v) is 3.13. The fourth-order valence-corrected chi connectivity index (χ4v) is 1.96. The summed E-state index contributed by atoms with van der Waals surface area (Å²) < 4.78 is 10.9. The van der Waals surface area contributed by atoms with E-state index in [1.54, 1.807) is 0 Å². The molecule has 0 atom stereocenters. The molecular formula is C17H27NO2. The summed E-state index contributed by atoms with van der Waals surface area (Å²) in [6.45, 7) is 13.7. The summed E-state index contributed by atoms with van der Waals surface area (Å²) in [5.74, 6) is 0. The van der Waals surface area contributed by atoms with Gasteiger partial charge in [0.25, 0.3) is 0 Å². The van der Waals surface area contributed by atoms with Gasteiger partial charge in [-0.05, 0) is 25.0 Å². The Labute approximate surface area is 123 Å². The Balaban J connectivity index is 2.49. The van der Waals surface area contributed by atoms with Crippen molar-refractivity contribution in [2.45, 2.75) is 20.4 Å². The maximum atomic E-state index is 5.45. The molecule has 0 amide bonds. The maximum Gasteiger partial charge on any atom is 0.0593 e. The zero-order valence-corrected chi connectivity index (χ0v) is 12.8. The fraction of sp³-hybridized carbons (Fsp3) is 0.529. The standard InChI is InChI=1S/C17H27NO2/c1-4-16-7-9-17(10-8-16)15-18(11-13-19-5-2)12-14-20-6-3/h4,7-10H,1,5-6,11-15H2,2-3H3. The lowest BCUT2D eigenvalue weighted by Crippen LogP contribution is -2.30. The highest BCUT2D eigenvalue weighted by Gasteiger charge is 2.06. The average molecular weight is 277 g/mol. The van der Waals surface area contributed by atoms with E-state index in [4.69, 9.17) is 9.47 Å². The molecule has 0 saturated carbocycles. The molecule has 3 heteroatoms. The van der Waals surface area contributed by atoms with E-state index in [-0.39, 0.29) is 0 Å². The third-order valence-electron chi connectivity index (χ3n) is 3.13. The van der Waals surface area contributed by atoms with E-state index in [0.29, 0.717) is 0 Å². The van der Waals surface area contributed by atoms with Crippen LogP contribution in [0.15, 0.2) is 30.8 Å². The molecule has 1 aromatic rings. The van der Waals surface area contributed by atoms with Crippen molar-refractivity contribution in [1.29, 1.82) is 0 Å². The molecule has 0 radical (unpaired) electrons. The quantitative estimate of drug-likeness (QED) is 0.580. The SMILES string of the molecule is C=Cc1ccc(CN(CCOCC)CCOCC)cc1. The summed E-state index contributed by atoms with van der Waals surface area (Å²) in [5, 5.41) is 0. The van der Waals surface area contributed by atoms with Gasteiger partial charge in [0, 0.05) is 32.8 Å². The summed E-state index contributed by atoms with van der Waals surface area (Å²) in [6, 6.07) is 8.52. The van der Waals surface area contributed by atoms with Crippen molar-refractivity contribution < 1.29 is 9.47 Å². The van der Waals surface area contributed by atoms with Crippen LogP contribution in [0.4, 0.5) is 0 Å². The van der Waals surface area contributed by atoms with Gasteiger partial charge in [-0.2, -0.15) is 0 Å². The summed E-state index contributed by atoms with van der Waals surface area (Å²) in [6.07, 6.45) is 1.87. The van der Waals surface area contributed by atoms with Crippen LogP contribution < -0.4 is 0 Å². The average Bonchev–Trinajstić information content (AvgIpc) is 2.48. The Kier molecular flexibility index (Phi) is 8.96. The Morgan fingerprint density at radius 3 is 2.00 bits per heavy atom. The maximum absolute atomic E-state index is 5.45. The molecule has 112 valence electrons. The van der Waals surface area contributed by atoms with Crippen LogP contribution in [-0.4, -0.2) is 44.4 Å². The largest absolute Gasteiger partial charge is 0.380 e. The van der Waals surface area contributed by atoms with Crippen LogP contribution in [-0.2, 0) is 16.0 Å². The number of hydrogen-bond donors (Lipinski definition) is 0. The topological polar surface area (TPSA) is 21.7 Å². The molecule has 0 aromatic heterocycles. The molecule has 0 unspecified atom stereocenters. The Morgan fingerprint density at radius 1 is 1.00 bits per heavy atom. The molecule has 0 fully saturated rings. The molecule has 0 saturated heterocycles. The number of hydrogen-bond acceptors (Lipinski definition) is 3. The first kappa shape index (κ1) is 16.9. The lowest BCUT2D eigenvalue weighted by atomic mass is 10.1. The van der Waals surface area contributed by atoms with Crippen LogP contribution in [0.5, 0.6) is 0 Å². The van der Waals surface area contributed by atoms with Crippen molar-refractivity contribution in [3.63, 3.8) is 0 Å². The molecule has 0 aliphatic carbocycles. The van der Waals surface area contributed by atoms with Crippen LogP contribution in [0.1, 0.15) is 25.0 Å². The number of ether oxygens (including phenoxy) is 2. The van der Waals surface area contributed by atoms with Gasteiger partial charge in [-0.1, -0.05) is 36.9 Å². The van der Waals surface area contributed by atoms with Gasteiger partial charge in [-0.15, -0.1) is 0 Å². The Hall–Kier alpha value is -1.16. The van der Waals surface area contributed by atoms with E-state index in [1.807, 2.05) is 19.9 Å². The van der Waals surface area contributed by atoms with Gasteiger partial charge in [-0.3, -0.25) is 4.90 Å². The van der Waals surface area contributed by atoms with Crippen LogP contribution >= 0.6 is 0 Å². The molecule has 0 aliphatic rings. The minimum Gasteiger partial charge on any atom is -0.380 e. The van der Waals surface area contributed by atoms with Crippen LogP contribution in [0.25, 0.3) is 6.08 Å². The monoisotopic (exact) mass is 277 g/mol. The van der Waals surface area contributed by atoms with Crippen LogP contribution in [0, 0.1) is 0 Å². The Bertz CT molecular complexity index is 352. The minimum absolute atomic E-state index is 0.771. The normalized spacial score (nSPS) is 10.9. The van der Waals surface area contributed by atoms with Gasteiger partial charge < -0.3 is 9.47 Å². The number of nitrogens with zero attached hydrogens (tertiary/aromatic N) is 1. The van der Waals surface area contributed by atoms with Gasteiger partial charge in [0.05, 0.1) is 13.2 Å². The number of benzene rings is 1. The second kappa shape index (κ2) is 10.6. The second-order valence-corrected chi connectivity index (χ2v) is 4.62. The lowest BCUT2D eigenvalue weighted by Gasteiger charge is -2.22. The molecule has 0 heterocycles. The minimum atomic E-state index is 0.771. The van der Waals surface area contributed by atoms with E-state index in [9.17, 15) is 0 Å². The highest BCUT2D eigenvalue weighted by Crippen LogP contribution is 2.08. The van der Waals surface area contributed by atoms with Crippen molar-refractivity contribution in [2.75, 3.05) is 39.5 Å². The van der Waals surface area contributed by atoms with Gasteiger partial charge in [0.2, 0.25) is 0 Å². The van der Waals surface area contributed by atoms with Gasteiger partial charge in [-0.25, -0.2) is 0 Å². The van der Waals surface area contributed by atoms with Crippen molar-refractivity contribution in [3.05, 3.63) is 42.0 Å². The van der Waals surface area contributed by atoms with E-state index >= 15 is 0 Å².